The highest BCUT2D eigenvalue weighted by Gasteiger charge is 2.27. The minimum Gasteiger partial charge on any atom is -0.381 e. The number of amides is 2. The molecule has 3 fully saturated rings. The van der Waals surface area contributed by atoms with Gasteiger partial charge in [-0.1, -0.05) is 12.7 Å². The molecule has 9 heteroatoms. The highest BCUT2D eigenvalue weighted by atomic mass is 16.5. The third kappa shape index (κ3) is 8.40. The van der Waals surface area contributed by atoms with Gasteiger partial charge in [0.2, 0.25) is 0 Å². The van der Waals surface area contributed by atoms with E-state index in [-0.39, 0.29) is 17.9 Å². The van der Waals surface area contributed by atoms with Crippen LogP contribution < -0.4 is 10.2 Å². The van der Waals surface area contributed by atoms with Gasteiger partial charge in [0.15, 0.2) is 0 Å². The van der Waals surface area contributed by atoms with E-state index in [9.17, 15) is 9.59 Å². The molecule has 2 amide bonds. The summed E-state index contributed by atoms with van der Waals surface area (Å²) in [6, 6.07) is 5.74. The Labute approximate surface area is 251 Å². The summed E-state index contributed by atoms with van der Waals surface area (Å²) in [5.74, 6) is 1.01. The van der Waals surface area contributed by atoms with Gasteiger partial charge in [0.1, 0.15) is 5.82 Å². The molecule has 3 aliphatic heterocycles. The number of likely N-dealkylation sites (tertiary alicyclic amines) is 1. The van der Waals surface area contributed by atoms with E-state index in [1.54, 1.807) is 4.90 Å². The van der Waals surface area contributed by atoms with Crippen LogP contribution in [0.4, 0.5) is 5.69 Å². The first kappa shape index (κ1) is 31.7. The Morgan fingerprint density at radius 1 is 0.976 bits per heavy atom. The van der Waals surface area contributed by atoms with Crippen LogP contribution >= 0.6 is 0 Å². The second-order valence-electron chi connectivity index (χ2n) is 11.8. The first-order chi connectivity index (χ1) is 20.3. The van der Waals surface area contributed by atoms with Crippen LogP contribution in [-0.4, -0.2) is 112 Å². The molecule has 1 N–H and O–H groups in total. The topological polar surface area (TPSA) is 80.7 Å². The number of hydrogen-bond acceptors (Lipinski definition) is 7. The maximum Gasteiger partial charge on any atom is 0.251 e. The van der Waals surface area contributed by atoms with Gasteiger partial charge >= 0.3 is 0 Å². The molecule has 3 aliphatic rings. The van der Waals surface area contributed by atoms with Crippen molar-refractivity contribution in [2.45, 2.75) is 38.6 Å². The zero-order valence-electron chi connectivity index (χ0n) is 25.7. The van der Waals surface area contributed by atoms with E-state index in [2.05, 4.69) is 52.4 Å². The molecule has 3 heterocycles. The van der Waals surface area contributed by atoms with Crippen molar-refractivity contribution >= 4 is 29.8 Å². The van der Waals surface area contributed by atoms with Gasteiger partial charge in [0, 0.05) is 63.2 Å². The van der Waals surface area contributed by atoms with E-state index in [4.69, 9.17) is 4.74 Å². The molecule has 0 aliphatic carbocycles. The third-order valence-electron chi connectivity index (χ3n) is 8.74. The van der Waals surface area contributed by atoms with Crippen LogP contribution in [0.5, 0.6) is 0 Å². The fourth-order valence-corrected chi connectivity index (χ4v) is 5.86. The second-order valence-corrected chi connectivity index (χ2v) is 11.8. The van der Waals surface area contributed by atoms with Crippen LogP contribution in [0.2, 0.25) is 0 Å². The Morgan fingerprint density at radius 2 is 1.62 bits per heavy atom. The predicted molar refractivity (Wildman–Crippen MR) is 171 cm³/mol. The third-order valence-corrected chi connectivity index (χ3v) is 8.74. The van der Waals surface area contributed by atoms with Crippen LogP contribution in [0, 0.1) is 5.92 Å². The summed E-state index contributed by atoms with van der Waals surface area (Å²) in [5, 5.41) is 3.18. The number of nitrogens with one attached hydrogen (secondary N) is 1. The van der Waals surface area contributed by atoms with E-state index in [0.29, 0.717) is 36.9 Å². The van der Waals surface area contributed by atoms with Crippen molar-refractivity contribution < 1.29 is 14.3 Å². The zero-order chi connectivity index (χ0) is 30.1. The Balaban J connectivity index is 1.64. The number of nitrogens with zero attached hydrogens (tertiary/aromatic N) is 5. The van der Waals surface area contributed by atoms with Crippen LogP contribution in [0.25, 0.3) is 5.57 Å². The molecule has 0 spiro atoms. The molecule has 4 rings (SSSR count). The summed E-state index contributed by atoms with van der Waals surface area (Å²) >= 11 is 0. The van der Waals surface area contributed by atoms with Gasteiger partial charge < -0.3 is 29.7 Å². The van der Waals surface area contributed by atoms with Crippen LogP contribution in [-0.2, 0) is 9.53 Å². The number of carbonyl (C=O) groups excluding carboxylic acids is 2. The van der Waals surface area contributed by atoms with Gasteiger partial charge in [-0.3, -0.25) is 9.59 Å². The molecule has 1 aromatic carbocycles. The lowest BCUT2D eigenvalue weighted by Crippen LogP contribution is -2.43. The summed E-state index contributed by atoms with van der Waals surface area (Å²) < 4.78 is 5.57. The Kier molecular flexibility index (Phi) is 11.5. The molecule has 9 nitrogen and oxygen atoms in total. The van der Waals surface area contributed by atoms with Gasteiger partial charge in [-0.2, -0.15) is 0 Å². The van der Waals surface area contributed by atoms with Crippen molar-refractivity contribution in [1.29, 1.82) is 0 Å². The van der Waals surface area contributed by atoms with Crippen LogP contribution in [0.15, 0.2) is 53.8 Å². The number of carbonyl (C=O) groups is 2. The molecule has 0 atom stereocenters. The first-order valence-corrected chi connectivity index (χ1v) is 15.2. The van der Waals surface area contributed by atoms with Gasteiger partial charge in [-0.25, -0.2) is 4.99 Å². The molecule has 0 saturated carbocycles. The van der Waals surface area contributed by atoms with Gasteiger partial charge in [0.25, 0.3) is 11.8 Å². The number of anilines is 1. The number of benzene rings is 1. The number of piperazine rings is 1. The zero-order valence-corrected chi connectivity index (χ0v) is 25.7. The molecule has 0 aromatic heterocycles. The maximum absolute atomic E-state index is 13.5. The Bertz CT molecular complexity index is 1170. The molecule has 0 bridgehead atoms. The second kappa shape index (κ2) is 15.3. The maximum atomic E-state index is 13.5. The standard InChI is InChI=1S/C33H48N6O3/c1-6-32(40)39(29-11-19-42-20-12-29)30-22-27(25(2)7-8-31(34-3)38-17-15-37(5)16-18-38)21-28(23-30)33(41)35-24-26-9-13-36(4)14-10-26/h6-8,21-23,26,29H,1,3,9-20,24H2,2,4-5H3,(H,35,41)/b25-7+,31-8+. The molecule has 1 aromatic rings. The molecule has 3 saturated heterocycles. The van der Waals surface area contributed by atoms with Crippen molar-refractivity contribution in [2.75, 3.05) is 78.0 Å². The Morgan fingerprint density at radius 3 is 2.26 bits per heavy atom. The SMILES string of the molecule is C=CC(=O)N(c1cc(C(=O)NCC2CCN(C)CC2)cc(/C(C)=C/C=C(\N=C)N2CCN(C)CC2)c1)C1CCOCC1. The predicted octanol–water partition coefficient (Wildman–Crippen LogP) is 3.65. The lowest BCUT2D eigenvalue weighted by molar-refractivity contribution is -0.115. The summed E-state index contributed by atoms with van der Waals surface area (Å²) in [5.41, 5.74) is 3.09. The largest absolute Gasteiger partial charge is 0.381 e. The highest BCUT2D eigenvalue weighted by Crippen LogP contribution is 2.29. The fourth-order valence-electron chi connectivity index (χ4n) is 5.86. The lowest BCUT2D eigenvalue weighted by atomic mass is 9.96. The number of allylic oxidation sites excluding steroid dienone is 3. The van der Waals surface area contributed by atoms with Crippen LogP contribution in [0.3, 0.4) is 0 Å². The number of aliphatic imine (C=N–C) groups is 1. The van der Waals surface area contributed by atoms with Crippen molar-refractivity contribution in [3.05, 3.63) is 60.0 Å². The summed E-state index contributed by atoms with van der Waals surface area (Å²) in [7, 11) is 4.27. The molecule has 0 unspecified atom stereocenters. The minimum absolute atomic E-state index is 0.0207. The normalized spacial score (nSPS) is 20.3. The van der Waals surface area contributed by atoms with Gasteiger partial charge in [0.05, 0.1) is 0 Å². The lowest BCUT2D eigenvalue weighted by Gasteiger charge is -2.34. The minimum atomic E-state index is -0.175. The summed E-state index contributed by atoms with van der Waals surface area (Å²) in [6.07, 6.45) is 8.99. The van der Waals surface area contributed by atoms with Crippen molar-refractivity contribution in [3.63, 3.8) is 0 Å². The smallest absolute Gasteiger partial charge is 0.251 e. The molecule has 228 valence electrons. The Hall–Kier alpha value is -3.27. The number of piperidine rings is 1. The van der Waals surface area contributed by atoms with E-state index in [1.165, 1.54) is 6.08 Å². The van der Waals surface area contributed by atoms with Gasteiger partial charge in [-0.15, -0.1) is 0 Å². The van der Waals surface area contributed by atoms with Crippen molar-refractivity contribution in [2.24, 2.45) is 10.9 Å². The van der Waals surface area contributed by atoms with Gasteiger partial charge in [-0.05, 0) is 114 Å². The quantitative estimate of drug-likeness (QED) is 0.260. The number of ether oxygens (including phenoxy) is 1. The van der Waals surface area contributed by atoms with Crippen LogP contribution in [0.1, 0.15) is 48.5 Å². The van der Waals surface area contributed by atoms with E-state index in [1.807, 2.05) is 37.3 Å². The number of likely N-dealkylation sites (N-methyl/N-ethyl adjacent to an activating group) is 1. The molecular formula is C33H48N6O3. The van der Waals surface area contributed by atoms with E-state index in [0.717, 1.165) is 81.9 Å². The van der Waals surface area contributed by atoms with E-state index < -0.39 is 0 Å². The average Bonchev–Trinajstić information content (AvgIpc) is 3.02. The monoisotopic (exact) mass is 576 g/mol. The summed E-state index contributed by atoms with van der Waals surface area (Å²) in [6.45, 7) is 17.3. The molecule has 42 heavy (non-hydrogen) atoms. The van der Waals surface area contributed by atoms with Crippen molar-refractivity contribution in [3.8, 4) is 0 Å². The van der Waals surface area contributed by atoms with E-state index >= 15 is 0 Å². The van der Waals surface area contributed by atoms with Crippen molar-refractivity contribution in [1.82, 2.24) is 20.0 Å². The molecule has 0 radical (unpaired) electrons. The summed E-state index contributed by atoms with van der Waals surface area (Å²) in [4.78, 5) is 39.7. The number of hydrogen-bond donors (Lipinski definition) is 1. The average molecular weight is 577 g/mol. The molecular weight excluding hydrogens is 528 g/mol. The number of rotatable bonds is 10. The first-order valence-electron chi connectivity index (χ1n) is 15.2. The fraction of sp³-hybridized carbons (Fsp3) is 0.545. The highest BCUT2D eigenvalue weighted by molar-refractivity contribution is 6.03.